The van der Waals surface area contributed by atoms with Gasteiger partial charge in [-0.3, -0.25) is 0 Å². The van der Waals surface area contributed by atoms with Crippen molar-refractivity contribution < 1.29 is 4.74 Å². The highest BCUT2D eigenvalue weighted by Gasteiger charge is 1.94. The second-order valence-electron chi connectivity index (χ2n) is 1.97. The van der Waals surface area contributed by atoms with Gasteiger partial charge in [-0.1, -0.05) is 13.8 Å². The van der Waals surface area contributed by atoms with E-state index < -0.39 is 0 Å². The Kier molecular flexibility index (Phi) is 5.72. The van der Waals surface area contributed by atoms with E-state index in [0.29, 0.717) is 0 Å². The Labute approximate surface area is 82.1 Å². The topological polar surface area (TPSA) is 22.1 Å². The average molecular weight is 232 g/mol. The molecule has 0 aliphatic heterocycles. The number of aromatic nitrogens is 1. The Hall–Kier alpha value is -0.570. The summed E-state index contributed by atoms with van der Waals surface area (Å²) in [5.41, 5.74) is 0.950. The van der Waals surface area contributed by atoms with E-state index in [4.69, 9.17) is 4.74 Å². The van der Waals surface area contributed by atoms with E-state index in [1.807, 2.05) is 32.9 Å². The summed E-state index contributed by atoms with van der Waals surface area (Å²) >= 11 is 3.26. The molecule has 12 heavy (non-hydrogen) atoms. The lowest BCUT2D eigenvalue weighted by Crippen LogP contribution is -1.86. The minimum atomic E-state index is 0.810. The van der Waals surface area contributed by atoms with Crippen molar-refractivity contribution in [2.24, 2.45) is 0 Å². The molecule has 3 heteroatoms. The molecule has 0 aliphatic carbocycles. The smallest absolute Gasteiger partial charge is 0.123 e. The van der Waals surface area contributed by atoms with Crippen LogP contribution in [0.1, 0.15) is 19.5 Å². The number of halogens is 1. The molecule has 0 N–H and O–H groups in total. The third-order valence-electron chi connectivity index (χ3n) is 1.13. The minimum Gasteiger partial charge on any atom is -0.497 e. The monoisotopic (exact) mass is 231 g/mol. The fourth-order valence-corrected chi connectivity index (χ4v) is 1.22. The van der Waals surface area contributed by atoms with Crippen LogP contribution in [0.15, 0.2) is 16.7 Å². The lowest BCUT2D eigenvalue weighted by Gasteiger charge is -2.00. The van der Waals surface area contributed by atoms with Crippen molar-refractivity contribution in [3.63, 3.8) is 0 Å². The van der Waals surface area contributed by atoms with Gasteiger partial charge in [0.05, 0.1) is 7.11 Å². The van der Waals surface area contributed by atoms with Crippen LogP contribution in [0.25, 0.3) is 0 Å². The van der Waals surface area contributed by atoms with Gasteiger partial charge in [-0.2, -0.15) is 0 Å². The molecule has 0 aliphatic rings. The second-order valence-corrected chi connectivity index (χ2v) is 2.78. The quantitative estimate of drug-likeness (QED) is 0.693. The summed E-state index contributed by atoms with van der Waals surface area (Å²) in [5.74, 6) is 0.833. The molecule has 68 valence electrons. The van der Waals surface area contributed by atoms with E-state index in [2.05, 4.69) is 20.9 Å². The van der Waals surface area contributed by atoms with Crippen molar-refractivity contribution in [2.75, 3.05) is 7.11 Å². The minimum absolute atomic E-state index is 0.810. The number of hydrogen-bond acceptors (Lipinski definition) is 2. The van der Waals surface area contributed by atoms with Crippen molar-refractivity contribution >= 4 is 15.9 Å². The largest absolute Gasteiger partial charge is 0.497 e. The molecular weight excluding hydrogens is 218 g/mol. The molecule has 0 unspecified atom stereocenters. The zero-order chi connectivity index (χ0) is 9.56. The maximum atomic E-state index is 5.01. The van der Waals surface area contributed by atoms with E-state index in [-0.39, 0.29) is 0 Å². The number of ether oxygens (including phenoxy) is 1. The number of hydrogen-bond donors (Lipinski definition) is 0. The van der Waals surface area contributed by atoms with Crippen molar-refractivity contribution in [3.8, 4) is 5.75 Å². The number of nitrogens with zero attached hydrogens (tertiary/aromatic N) is 1. The molecule has 0 aromatic carbocycles. The summed E-state index contributed by atoms with van der Waals surface area (Å²) in [6, 6.07) is 3.71. The highest BCUT2D eigenvalue weighted by molar-refractivity contribution is 9.10. The third-order valence-corrected chi connectivity index (χ3v) is 1.54. The van der Waals surface area contributed by atoms with Gasteiger partial charge in [0, 0.05) is 17.8 Å². The second kappa shape index (κ2) is 6.00. The van der Waals surface area contributed by atoms with E-state index in [1.165, 1.54) is 0 Å². The first-order chi connectivity index (χ1) is 5.72. The van der Waals surface area contributed by atoms with Gasteiger partial charge >= 0.3 is 0 Å². The first-order valence-electron chi connectivity index (χ1n) is 3.90. The highest BCUT2D eigenvalue weighted by atomic mass is 79.9. The van der Waals surface area contributed by atoms with Crippen molar-refractivity contribution in [1.29, 1.82) is 0 Å². The lowest BCUT2D eigenvalue weighted by molar-refractivity contribution is 0.413. The number of rotatable bonds is 1. The summed E-state index contributed by atoms with van der Waals surface area (Å²) < 4.78 is 5.82. The van der Waals surface area contributed by atoms with Gasteiger partial charge < -0.3 is 4.74 Å². The fraction of sp³-hybridized carbons (Fsp3) is 0.444. The Balaban J connectivity index is 0.000000561. The summed E-state index contributed by atoms with van der Waals surface area (Å²) in [5, 5.41) is 0. The Bertz CT molecular complexity index is 218. The van der Waals surface area contributed by atoms with Crippen LogP contribution in [0, 0.1) is 6.92 Å². The molecule has 1 aromatic rings. The maximum Gasteiger partial charge on any atom is 0.123 e. The molecular formula is C9H14BrNO. The van der Waals surface area contributed by atoms with Gasteiger partial charge in [0.2, 0.25) is 0 Å². The summed E-state index contributed by atoms with van der Waals surface area (Å²) in [7, 11) is 1.64. The van der Waals surface area contributed by atoms with Crippen molar-refractivity contribution in [3.05, 3.63) is 22.4 Å². The molecule has 0 saturated carbocycles. The Morgan fingerprint density at radius 3 is 2.33 bits per heavy atom. The van der Waals surface area contributed by atoms with Crippen LogP contribution in [0.2, 0.25) is 0 Å². The SMILES string of the molecule is CC.COc1cc(C)nc(Br)c1. The first kappa shape index (κ1) is 11.4. The van der Waals surface area contributed by atoms with Crippen LogP contribution in [0.4, 0.5) is 0 Å². The fourth-order valence-electron chi connectivity index (χ4n) is 0.716. The van der Waals surface area contributed by atoms with Crippen LogP contribution < -0.4 is 4.74 Å². The Morgan fingerprint density at radius 2 is 1.92 bits per heavy atom. The molecule has 0 radical (unpaired) electrons. The van der Waals surface area contributed by atoms with E-state index >= 15 is 0 Å². The van der Waals surface area contributed by atoms with Gasteiger partial charge in [0.1, 0.15) is 10.4 Å². The molecule has 1 rings (SSSR count). The van der Waals surface area contributed by atoms with Crippen LogP contribution in [0.3, 0.4) is 0 Å². The number of pyridine rings is 1. The molecule has 0 saturated heterocycles. The summed E-state index contributed by atoms with van der Waals surface area (Å²) in [6.45, 7) is 5.92. The summed E-state index contributed by atoms with van der Waals surface area (Å²) in [6.07, 6.45) is 0. The highest BCUT2D eigenvalue weighted by Crippen LogP contribution is 2.16. The number of methoxy groups -OCH3 is 1. The maximum absolute atomic E-state index is 5.01. The lowest BCUT2D eigenvalue weighted by atomic mass is 10.4. The van der Waals surface area contributed by atoms with Gasteiger partial charge in [-0.05, 0) is 22.9 Å². The molecule has 0 bridgehead atoms. The van der Waals surface area contributed by atoms with Gasteiger partial charge in [0.15, 0.2) is 0 Å². The predicted molar refractivity (Wildman–Crippen MR) is 54.6 cm³/mol. The van der Waals surface area contributed by atoms with Crippen LogP contribution in [-0.4, -0.2) is 12.1 Å². The Morgan fingerprint density at radius 1 is 1.33 bits per heavy atom. The molecule has 1 aromatic heterocycles. The van der Waals surface area contributed by atoms with Crippen molar-refractivity contribution in [1.82, 2.24) is 4.98 Å². The van der Waals surface area contributed by atoms with Crippen LogP contribution in [0.5, 0.6) is 5.75 Å². The summed E-state index contributed by atoms with van der Waals surface area (Å²) in [4.78, 5) is 4.12. The first-order valence-corrected chi connectivity index (χ1v) is 4.70. The third kappa shape index (κ3) is 3.72. The predicted octanol–water partition coefficient (Wildman–Crippen LogP) is 3.19. The van der Waals surface area contributed by atoms with Crippen LogP contribution >= 0.6 is 15.9 Å². The molecule has 0 amide bonds. The van der Waals surface area contributed by atoms with Crippen molar-refractivity contribution in [2.45, 2.75) is 20.8 Å². The zero-order valence-electron chi connectivity index (χ0n) is 7.89. The molecule has 1 heterocycles. The molecule has 0 fully saturated rings. The molecule has 0 atom stereocenters. The van der Waals surface area contributed by atoms with Crippen LogP contribution in [-0.2, 0) is 0 Å². The van der Waals surface area contributed by atoms with Gasteiger partial charge in [0.25, 0.3) is 0 Å². The molecule has 0 spiro atoms. The van der Waals surface area contributed by atoms with Gasteiger partial charge in [-0.15, -0.1) is 0 Å². The van der Waals surface area contributed by atoms with E-state index in [9.17, 15) is 0 Å². The standard InChI is InChI=1S/C7H8BrNO.C2H6/c1-5-3-6(10-2)4-7(8)9-5;1-2/h3-4H,1-2H3;1-2H3. The van der Waals surface area contributed by atoms with E-state index in [1.54, 1.807) is 7.11 Å². The average Bonchev–Trinajstić information content (AvgIpc) is 2.06. The van der Waals surface area contributed by atoms with Gasteiger partial charge in [-0.25, -0.2) is 4.98 Å². The number of aryl methyl sites for hydroxylation is 1. The normalized spacial score (nSPS) is 8.42. The zero-order valence-corrected chi connectivity index (χ0v) is 9.47. The molecule has 2 nitrogen and oxygen atoms in total. The van der Waals surface area contributed by atoms with E-state index in [0.717, 1.165) is 16.0 Å².